The molecule has 5 N–H and O–H groups in total. The summed E-state index contributed by atoms with van der Waals surface area (Å²) < 4.78 is 12.3. The molecular weight excluding hydrogens is 683 g/mol. The Kier molecular flexibility index (Phi) is 10.5. The third-order valence-electron chi connectivity index (χ3n) is 17.3. The summed E-state index contributed by atoms with van der Waals surface area (Å²) in [5, 5.41) is 27.3. The number of nitrogens with zero attached hydrogens (tertiary/aromatic N) is 1. The fraction of sp³-hybridized carbons (Fsp3) is 0.771. The first-order valence-corrected chi connectivity index (χ1v) is 22.8. The zero-order valence-electron chi connectivity index (χ0n) is 33.9. The van der Waals surface area contributed by atoms with Gasteiger partial charge in [-0.2, -0.15) is 0 Å². The number of aliphatic imine (C=N–C) groups is 1. The summed E-state index contributed by atoms with van der Waals surface area (Å²) >= 11 is 0. The zero-order chi connectivity index (χ0) is 37.8. The van der Waals surface area contributed by atoms with E-state index in [-0.39, 0.29) is 17.1 Å². The van der Waals surface area contributed by atoms with Crippen molar-refractivity contribution in [3.63, 3.8) is 0 Å². The van der Waals surface area contributed by atoms with E-state index < -0.39 is 5.60 Å². The highest BCUT2D eigenvalue weighted by atomic mass is 16.6. The van der Waals surface area contributed by atoms with Crippen LogP contribution in [0.1, 0.15) is 147 Å². The first kappa shape index (κ1) is 38.2. The molecule has 11 atom stereocenters. The Morgan fingerprint density at radius 2 is 1.82 bits per heavy atom. The van der Waals surface area contributed by atoms with Gasteiger partial charge in [-0.05, 0) is 169 Å². The minimum Gasteiger partial charge on any atom is -0.471 e. The molecule has 1 saturated heterocycles. The molecular formula is C48H71N3O4. The number of hydrogen-bond acceptors (Lipinski definition) is 5. The molecule has 1 spiro atoms. The predicted octanol–water partition coefficient (Wildman–Crippen LogP) is 9.63. The van der Waals surface area contributed by atoms with Gasteiger partial charge >= 0.3 is 0 Å². The van der Waals surface area contributed by atoms with E-state index in [1.807, 2.05) is 12.5 Å². The van der Waals surface area contributed by atoms with Gasteiger partial charge < -0.3 is 30.4 Å². The highest BCUT2D eigenvalue weighted by Gasteiger charge is 2.68. The van der Waals surface area contributed by atoms with Gasteiger partial charge in [0.2, 0.25) is 0 Å². The lowest BCUT2D eigenvalue weighted by atomic mass is 9.40. The molecule has 1 aliphatic heterocycles. The topological polar surface area (TPSA) is 117 Å². The quantitative estimate of drug-likeness (QED) is 0.0832. The molecule has 1 aromatic carbocycles. The van der Waals surface area contributed by atoms with Crippen molar-refractivity contribution in [2.24, 2.45) is 57.1 Å². The maximum absolute atomic E-state index is 11.3. The molecule has 9 rings (SSSR count). The van der Waals surface area contributed by atoms with E-state index in [9.17, 15) is 10.2 Å². The second-order valence-corrected chi connectivity index (χ2v) is 20.6. The van der Waals surface area contributed by atoms with Crippen LogP contribution in [0.4, 0.5) is 0 Å². The summed E-state index contributed by atoms with van der Waals surface area (Å²) in [6.45, 7) is 9.04. The van der Waals surface area contributed by atoms with Crippen LogP contribution in [-0.2, 0) is 11.2 Å². The maximum atomic E-state index is 11.3. The van der Waals surface area contributed by atoms with Crippen molar-refractivity contribution in [2.45, 2.75) is 172 Å². The predicted molar refractivity (Wildman–Crippen MR) is 221 cm³/mol. The number of ether oxygens (including phenoxy) is 1. The summed E-state index contributed by atoms with van der Waals surface area (Å²) in [4.78, 5) is 4.92. The molecule has 2 aromatic rings. The van der Waals surface area contributed by atoms with E-state index in [0.717, 1.165) is 81.2 Å². The van der Waals surface area contributed by atoms with Crippen LogP contribution in [0.5, 0.6) is 0 Å². The average Bonchev–Trinajstić information content (AvgIpc) is 3.60. The number of nitrogens with two attached hydrogens (primary N) is 1. The highest BCUT2D eigenvalue weighted by molar-refractivity contribution is 5.84. The van der Waals surface area contributed by atoms with Gasteiger partial charge in [0, 0.05) is 35.7 Å². The molecule has 7 nitrogen and oxygen atoms in total. The van der Waals surface area contributed by atoms with Crippen LogP contribution in [0.25, 0.3) is 10.8 Å². The number of benzene rings is 1. The summed E-state index contributed by atoms with van der Waals surface area (Å²) in [6.07, 6.45) is 29.4. The van der Waals surface area contributed by atoms with Crippen LogP contribution in [-0.4, -0.2) is 52.7 Å². The minimum absolute atomic E-state index is 0.00608. The fourth-order valence-corrected chi connectivity index (χ4v) is 14.6. The van der Waals surface area contributed by atoms with Gasteiger partial charge in [0.25, 0.3) is 0 Å². The summed E-state index contributed by atoms with van der Waals surface area (Å²) in [5.41, 5.74) is 9.27. The summed E-state index contributed by atoms with van der Waals surface area (Å²) in [6, 6.07) is 6.36. The Hall–Kier alpha value is -2.35. The molecule has 1 aromatic heterocycles. The molecule has 2 heterocycles. The fourth-order valence-electron chi connectivity index (χ4n) is 14.6. The van der Waals surface area contributed by atoms with Crippen LogP contribution >= 0.6 is 0 Å². The van der Waals surface area contributed by atoms with Crippen LogP contribution in [0.15, 0.2) is 52.3 Å². The van der Waals surface area contributed by atoms with Crippen molar-refractivity contribution in [2.75, 3.05) is 13.1 Å². The largest absolute Gasteiger partial charge is 0.471 e. The first-order valence-electron chi connectivity index (χ1n) is 22.8. The van der Waals surface area contributed by atoms with E-state index in [1.54, 1.807) is 5.57 Å². The first-order chi connectivity index (χ1) is 26.6. The number of rotatable bonds is 10. The Morgan fingerprint density at radius 1 is 0.945 bits per heavy atom. The van der Waals surface area contributed by atoms with Crippen LogP contribution in [0, 0.1) is 46.3 Å². The van der Waals surface area contributed by atoms with Crippen molar-refractivity contribution in [1.29, 1.82) is 0 Å². The van der Waals surface area contributed by atoms with E-state index in [0.29, 0.717) is 41.7 Å². The zero-order valence-corrected chi connectivity index (χ0v) is 33.9. The van der Waals surface area contributed by atoms with Gasteiger partial charge in [0.05, 0.1) is 35.9 Å². The molecule has 55 heavy (non-hydrogen) atoms. The molecule has 302 valence electrons. The van der Waals surface area contributed by atoms with Crippen molar-refractivity contribution in [3.8, 4) is 0 Å². The van der Waals surface area contributed by atoms with Gasteiger partial charge in [-0.3, -0.25) is 4.99 Å². The monoisotopic (exact) mass is 754 g/mol. The number of hydrogen-bond donors (Lipinski definition) is 4. The lowest BCUT2D eigenvalue weighted by Crippen LogP contribution is -2.57. The van der Waals surface area contributed by atoms with Crippen LogP contribution in [0.2, 0.25) is 0 Å². The van der Waals surface area contributed by atoms with Crippen LogP contribution < -0.4 is 11.1 Å². The Labute approximate surface area is 330 Å². The van der Waals surface area contributed by atoms with Crippen molar-refractivity contribution < 1.29 is 19.4 Å². The normalized spacial score (nSPS) is 42.3. The number of nitrogens with one attached hydrogen (secondary N) is 1. The average molecular weight is 754 g/mol. The Morgan fingerprint density at radius 3 is 2.67 bits per heavy atom. The summed E-state index contributed by atoms with van der Waals surface area (Å²) in [7, 11) is 0. The molecule has 0 bridgehead atoms. The van der Waals surface area contributed by atoms with Gasteiger partial charge in [-0.25, -0.2) is 0 Å². The minimum atomic E-state index is -0.673. The van der Waals surface area contributed by atoms with Crippen LogP contribution in [0.3, 0.4) is 0 Å². The van der Waals surface area contributed by atoms with Gasteiger partial charge in [0.15, 0.2) is 5.96 Å². The molecule has 6 saturated carbocycles. The molecule has 6 aliphatic carbocycles. The number of furan rings is 1. The van der Waals surface area contributed by atoms with Gasteiger partial charge in [-0.1, -0.05) is 49.6 Å². The van der Waals surface area contributed by atoms with Gasteiger partial charge in [0.1, 0.15) is 0 Å². The standard InChI is InChI=1S/C48H71N3O4/c1-32-25-46(21-15-33(26-46)16-22-47(53)19-7-12-39(52)27-47)43-45(2,55-43)20-17-42-40(32)28-48(42,37-10-4-3-5-11-37)38-14-13-34(24-38)29-51-44(49)50-23-18-35-8-6-9-36-30-54-31-41(35)36/h6,8-9,30-31,33-34,37-40,42-43,52-53H,1,3-5,7,10-29H2,2H3,(H3,49,50,51). The number of epoxide rings is 1. The maximum Gasteiger partial charge on any atom is 0.188 e. The summed E-state index contributed by atoms with van der Waals surface area (Å²) in [5.74, 6) is 4.88. The van der Waals surface area contributed by atoms with Crippen molar-refractivity contribution >= 4 is 16.7 Å². The number of fused-ring (bicyclic) bond motifs is 4. The number of aliphatic hydroxyl groups is 2. The molecule has 11 unspecified atom stereocenters. The Bertz CT molecular complexity index is 1720. The van der Waals surface area contributed by atoms with E-state index in [2.05, 4.69) is 30.4 Å². The van der Waals surface area contributed by atoms with E-state index in [1.165, 1.54) is 101 Å². The highest BCUT2D eigenvalue weighted by Crippen LogP contribution is 2.72. The Balaban J connectivity index is 0.850. The second-order valence-electron chi connectivity index (χ2n) is 20.6. The second kappa shape index (κ2) is 15.1. The molecule has 0 amide bonds. The molecule has 0 radical (unpaired) electrons. The lowest BCUT2D eigenvalue weighted by molar-refractivity contribution is -0.138. The smallest absolute Gasteiger partial charge is 0.188 e. The number of allylic oxidation sites excluding steroid dienone is 1. The molecule has 7 heteroatoms. The van der Waals surface area contributed by atoms with E-state index in [4.69, 9.17) is 26.5 Å². The third kappa shape index (κ3) is 7.35. The number of aliphatic hydroxyl groups excluding tert-OH is 1. The van der Waals surface area contributed by atoms with Gasteiger partial charge in [-0.15, -0.1) is 0 Å². The molecule has 7 fully saturated rings. The third-order valence-corrected chi connectivity index (χ3v) is 17.3. The number of guanidine groups is 1. The van der Waals surface area contributed by atoms with Crippen molar-refractivity contribution in [3.05, 3.63) is 48.4 Å². The lowest BCUT2D eigenvalue weighted by Gasteiger charge is -2.64. The molecule has 7 aliphatic rings. The van der Waals surface area contributed by atoms with E-state index >= 15 is 0 Å². The SMILES string of the molecule is C=C1CC2(CCC(CCC3(O)CCCC(O)C3)C2)C2OC2(C)CCC2C1CC2(C1CCCCC1)C1CCC(CN=C(N)NCCc2cccc3cocc23)C1. The van der Waals surface area contributed by atoms with Crippen molar-refractivity contribution in [1.82, 2.24) is 5.32 Å².